The number of halogens is 1. The number of thiazole rings is 1. The SMILES string of the molecule is O=Cc1sc(-n2nnc3ccccc32)nc1Cl. The highest BCUT2D eigenvalue weighted by Crippen LogP contribution is 2.25. The fourth-order valence-electron chi connectivity index (χ4n) is 1.48. The number of rotatable bonds is 2. The molecule has 0 aliphatic carbocycles. The standard InChI is InChI=1S/C10H5ClN4OS/c11-9-8(5-16)17-10(12-9)15-7-4-2-1-3-6(7)13-14-15/h1-5H. The lowest BCUT2D eigenvalue weighted by atomic mass is 10.3. The molecular weight excluding hydrogens is 260 g/mol. The van der Waals surface area contributed by atoms with Crippen molar-refractivity contribution in [3.8, 4) is 5.13 Å². The molecule has 0 spiro atoms. The minimum Gasteiger partial charge on any atom is -0.297 e. The molecule has 0 unspecified atom stereocenters. The second kappa shape index (κ2) is 3.90. The van der Waals surface area contributed by atoms with Gasteiger partial charge in [-0.1, -0.05) is 40.3 Å². The summed E-state index contributed by atoms with van der Waals surface area (Å²) in [4.78, 5) is 15.2. The van der Waals surface area contributed by atoms with Gasteiger partial charge in [-0.2, -0.15) is 4.68 Å². The molecule has 2 aromatic heterocycles. The fourth-order valence-corrected chi connectivity index (χ4v) is 2.50. The minimum atomic E-state index is 0.194. The maximum atomic E-state index is 10.7. The molecule has 0 amide bonds. The Morgan fingerprint density at radius 1 is 1.35 bits per heavy atom. The Morgan fingerprint density at radius 2 is 2.18 bits per heavy atom. The van der Waals surface area contributed by atoms with E-state index in [1.807, 2.05) is 24.3 Å². The van der Waals surface area contributed by atoms with E-state index in [-0.39, 0.29) is 5.15 Å². The number of carbonyl (C=O) groups is 1. The molecular formula is C10H5ClN4OS. The van der Waals surface area contributed by atoms with Crippen molar-refractivity contribution < 1.29 is 4.79 Å². The summed E-state index contributed by atoms with van der Waals surface area (Å²) in [6.07, 6.45) is 0.683. The number of nitrogens with zero attached hydrogens (tertiary/aromatic N) is 4. The van der Waals surface area contributed by atoms with Crippen molar-refractivity contribution >= 4 is 40.3 Å². The van der Waals surface area contributed by atoms with Gasteiger partial charge in [0, 0.05) is 0 Å². The molecule has 2 heterocycles. The molecule has 0 aliphatic rings. The van der Waals surface area contributed by atoms with Crippen LogP contribution in [0.3, 0.4) is 0 Å². The molecule has 5 nitrogen and oxygen atoms in total. The van der Waals surface area contributed by atoms with Crippen molar-refractivity contribution in [2.45, 2.75) is 0 Å². The van der Waals surface area contributed by atoms with Crippen molar-refractivity contribution in [2.75, 3.05) is 0 Å². The Balaban J connectivity index is 2.23. The van der Waals surface area contributed by atoms with Crippen LogP contribution in [0.15, 0.2) is 24.3 Å². The number of benzene rings is 1. The van der Waals surface area contributed by atoms with Gasteiger partial charge in [0.05, 0.1) is 5.52 Å². The van der Waals surface area contributed by atoms with Gasteiger partial charge in [0.25, 0.3) is 0 Å². The van der Waals surface area contributed by atoms with Gasteiger partial charge in [-0.25, -0.2) is 4.98 Å². The van der Waals surface area contributed by atoms with E-state index >= 15 is 0 Å². The van der Waals surface area contributed by atoms with E-state index in [4.69, 9.17) is 11.6 Å². The third-order valence-electron chi connectivity index (χ3n) is 2.24. The first-order valence-corrected chi connectivity index (χ1v) is 5.91. The highest BCUT2D eigenvalue weighted by atomic mass is 35.5. The van der Waals surface area contributed by atoms with Gasteiger partial charge >= 0.3 is 0 Å². The Bertz CT molecular complexity index is 705. The maximum Gasteiger partial charge on any atom is 0.214 e. The van der Waals surface area contributed by atoms with Crippen LogP contribution in [-0.4, -0.2) is 26.3 Å². The van der Waals surface area contributed by atoms with Crippen LogP contribution >= 0.6 is 22.9 Å². The first-order valence-electron chi connectivity index (χ1n) is 4.72. The number of carbonyl (C=O) groups excluding carboxylic acids is 1. The van der Waals surface area contributed by atoms with Gasteiger partial charge in [-0.3, -0.25) is 4.79 Å². The van der Waals surface area contributed by atoms with Gasteiger partial charge < -0.3 is 0 Å². The lowest BCUT2D eigenvalue weighted by Crippen LogP contribution is -1.94. The van der Waals surface area contributed by atoms with Crippen LogP contribution in [0.25, 0.3) is 16.2 Å². The van der Waals surface area contributed by atoms with Gasteiger partial charge in [-0.05, 0) is 12.1 Å². The monoisotopic (exact) mass is 264 g/mol. The molecule has 3 aromatic rings. The first kappa shape index (κ1) is 10.4. The third-order valence-corrected chi connectivity index (χ3v) is 3.59. The van der Waals surface area contributed by atoms with E-state index in [0.29, 0.717) is 16.3 Å². The average Bonchev–Trinajstić information content (AvgIpc) is 2.92. The summed E-state index contributed by atoms with van der Waals surface area (Å²) in [5.41, 5.74) is 1.60. The van der Waals surface area contributed by atoms with Crippen molar-refractivity contribution in [1.29, 1.82) is 0 Å². The summed E-state index contributed by atoms with van der Waals surface area (Å²) in [5.74, 6) is 0. The molecule has 0 atom stereocenters. The van der Waals surface area contributed by atoms with E-state index in [9.17, 15) is 4.79 Å². The second-order valence-electron chi connectivity index (χ2n) is 3.26. The van der Waals surface area contributed by atoms with E-state index in [2.05, 4.69) is 15.3 Å². The Kier molecular flexibility index (Phi) is 2.38. The summed E-state index contributed by atoms with van der Waals surface area (Å²) < 4.78 is 1.57. The summed E-state index contributed by atoms with van der Waals surface area (Å²) >= 11 is 7.00. The number of hydrogen-bond acceptors (Lipinski definition) is 5. The van der Waals surface area contributed by atoms with Gasteiger partial charge in [0.2, 0.25) is 5.13 Å². The highest BCUT2D eigenvalue weighted by Gasteiger charge is 2.13. The zero-order valence-electron chi connectivity index (χ0n) is 8.37. The van der Waals surface area contributed by atoms with E-state index in [0.717, 1.165) is 11.0 Å². The second-order valence-corrected chi connectivity index (χ2v) is 4.63. The molecule has 17 heavy (non-hydrogen) atoms. The van der Waals surface area contributed by atoms with Gasteiger partial charge in [0.1, 0.15) is 10.4 Å². The van der Waals surface area contributed by atoms with Crippen molar-refractivity contribution in [3.05, 3.63) is 34.3 Å². The van der Waals surface area contributed by atoms with Crippen LogP contribution in [-0.2, 0) is 0 Å². The molecule has 0 N–H and O–H groups in total. The average molecular weight is 265 g/mol. The predicted molar refractivity (Wildman–Crippen MR) is 64.9 cm³/mol. The van der Waals surface area contributed by atoms with E-state index in [1.54, 1.807) is 4.68 Å². The molecule has 0 saturated carbocycles. The largest absolute Gasteiger partial charge is 0.297 e. The van der Waals surface area contributed by atoms with Crippen LogP contribution in [0.4, 0.5) is 0 Å². The molecule has 84 valence electrons. The predicted octanol–water partition coefficient (Wildman–Crippen LogP) is 2.34. The summed E-state index contributed by atoms with van der Waals surface area (Å²) in [7, 11) is 0. The van der Waals surface area contributed by atoms with Gasteiger partial charge in [0.15, 0.2) is 11.4 Å². The quantitative estimate of drug-likeness (QED) is 0.667. The summed E-state index contributed by atoms with van der Waals surface area (Å²) in [6.45, 7) is 0. The number of aromatic nitrogens is 4. The van der Waals surface area contributed by atoms with E-state index in [1.165, 1.54) is 11.3 Å². The summed E-state index contributed by atoms with van der Waals surface area (Å²) in [5, 5.41) is 8.73. The third kappa shape index (κ3) is 1.62. The van der Waals surface area contributed by atoms with Crippen LogP contribution in [0.5, 0.6) is 0 Å². The topological polar surface area (TPSA) is 60.7 Å². The highest BCUT2D eigenvalue weighted by molar-refractivity contribution is 7.16. The molecule has 0 radical (unpaired) electrons. The Labute approximate surface area is 105 Å². The molecule has 7 heteroatoms. The zero-order valence-corrected chi connectivity index (χ0v) is 9.94. The number of fused-ring (bicyclic) bond motifs is 1. The van der Waals surface area contributed by atoms with Crippen molar-refractivity contribution in [3.63, 3.8) is 0 Å². The van der Waals surface area contributed by atoms with Crippen LogP contribution in [0, 0.1) is 0 Å². The maximum absolute atomic E-state index is 10.7. The fraction of sp³-hybridized carbons (Fsp3) is 0. The van der Waals surface area contributed by atoms with Crippen LogP contribution in [0.1, 0.15) is 9.67 Å². The Hall–Kier alpha value is -1.79. The minimum absolute atomic E-state index is 0.194. The van der Waals surface area contributed by atoms with Crippen molar-refractivity contribution in [1.82, 2.24) is 20.0 Å². The van der Waals surface area contributed by atoms with Crippen molar-refractivity contribution in [2.24, 2.45) is 0 Å². The molecule has 3 rings (SSSR count). The normalized spacial score (nSPS) is 10.9. The Morgan fingerprint density at radius 3 is 2.94 bits per heavy atom. The van der Waals surface area contributed by atoms with Gasteiger partial charge in [-0.15, -0.1) is 5.10 Å². The molecule has 0 fully saturated rings. The molecule has 1 aromatic carbocycles. The lowest BCUT2D eigenvalue weighted by Gasteiger charge is -1.94. The van der Waals surface area contributed by atoms with Crippen LogP contribution in [0.2, 0.25) is 5.15 Å². The molecule has 0 bridgehead atoms. The van der Waals surface area contributed by atoms with E-state index < -0.39 is 0 Å². The smallest absolute Gasteiger partial charge is 0.214 e. The first-order chi connectivity index (χ1) is 8.29. The zero-order chi connectivity index (χ0) is 11.8. The molecule has 0 aliphatic heterocycles. The summed E-state index contributed by atoms with van der Waals surface area (Å²) in [6, 6.07) is 7.50. The van der Waals surface area contributed by atoms with Crippen LogP contribution < -0.4 is 0 Å². The lowest BCUT2D eigenvalue weighted by molar-refractivity contribution is 0.112. The number of hydrogen-bond donors (Lipinski definition) is 0. The number of para-hydroxylation sites is 1. The molecule has 0 saturated heterocycles. The number of aldehydes is 1.